The van der Waals surface area contributed by atoms with Crippen LogP contribution in [-0.4, -0.2) is 20.2 Å². The van der Waals surface area contributed by atoms with Gasteiger partial charge in [0.25, 0.3) is 0 Å². The van der Waals surface area contributed by atoms with Crippen LogP contribution < -0.4 is 10.1 Å². The van der Waals surface area contributed by atoms with Crippen molar-refractivity contribution in [2.75, 3.05) is 20.2 Å². The van der Waals surface area contributed by atoms with Crippen LogP contribution in [0.3, 0.4) is 0 Å². The molecule has 0 spiro atoms. The van der Waals surface area contributed by atoms with Crippen molar-refractivity contribution >= 4 is 0 Å². The zero-order valence-electron chi connectivity index (χ0n) is 11.4. The fourth-order valence-corrected chi connectivity index (χ4v) is 3.00. The molecule has 1 atom stereocenters. The fourth-order valence-electron chi connectivity index (χ4n) is 3.00. The molecular formula is C15H23NO. The van der Waals surface area contributed by atoms with Gasteiger partial charge in [-0.1, -0.05) is 0 Å². The summed E-state index contributed by atoms with van der Waals surface area (Å²) in [5.74, 6) is 1.70. The molecule has 2 rings (SSSR count). The molecule has 0 amide bonds. The number of piperidine rings is 1. The van der Waals surface area contributed by atoms with Crippen molar-refractivity contribution in [3.05, 3.63) is 28.3 Å². The second-order valence-corrected chi connectivity index (χ2v) is 5.10. The number of hydrogen-bond donors (Lipinski definition) is 1. The van der Waals surface area contributed by atoms with Crippen LogP contribution in [-0.2, 0) is 0 Å². The second kappa shape index (κ2) is 5.09. The monoisotopic (exact) mass is 233 g/mol. The van der Waals surface area contributed by atoms with E-state index in [-0.39, 0.29) is 0 Å². The number of benzene rings is 1. The molecule has 1 aliphatic heterocycles. The van der Waals surface area contributed by atoms with Crippen molar-refractivity contribution < 1.29 is 4.74 Å². The first-order valence-corrected chi connectivity index (χ1v) is 6.50. The zero-order valence-corrected chi connectivity index (χ0v) is 11.4. The van der Waals surface area contributed by atoms with Gasteiger partial charge in [0, 0.05) is 6.54 Å². The van der Waals surface area contributed by atoms with Gasteiger partial charge >= 0.3 is 0 Å². The molecule has 1 aliphatic rings. The van der Waals surface area contributed by atoms with E-state index < -0.39 is 0 Å². The molecule has 2 heteroatoms. The van der Waals surface area contributed by atoms with Crippen molar-refractivity contribution in [1.82, 2.24) is 5.32 Å². The van der Waals surface area contributed by atoms with Crippen LogP contribution in [0, 0.1) is 20.8 Å². The molecular weight excluding hydrogens is 210 g/mol. The second-order valence-electron chi connectivity index (χ2n) is 5.10. The molecule has 1 unspecified atom stereocenters. The molecule has 1 heterocycles. The highest BCUT2D eigenvalue weighted by Gasteiger charge is 2.21. The minimum Gasteiger partial charge on any atom is -0.496 e. The van der Waals surface area contributed by atoms with Crippen LogP contribution >= 0.6 is 0 Å². The maximum atomic E-state index is 5.43. The van der Waals surface area contributed by atoms with E-state index in [0.717, 1.165) is 12.3 Å². The summed E-state index contributed by atoms with van der Waals surface area (Å²) < 4.78 is 5.43. The first kappa shape index (κ1) is 12.4. The van der Waals surface area contributed by atoms with E-state index in [1.807, 2.05) is 0 Å². The van der Waals surface area contributed by atoms with Crippen LogP contribution in [0.5, 0.6) is 5.75 Å². The third-order valence-electron chi connectivity index (χ3n) is 4.03. The highest BCUT2D eigenvalue weighted by atomic mass is 16.5. The number of rotatable bonds is 2. The number of nitrogens with one attached hydrogen (secondary N) is 1. The van der Waals surface area contributed by atoms with Gasteiger partial charge in [0.2, 0.25) is 0 Å². The molecule has 0 aromatic heterocycles. The minimum absolute atomic E-state index is 0.674. The molecule has 94 valence electrons. The van der Waals surface area contributed by atoms with E-state index >= 15 is 0 Å². The third-order valence-corrected chi connectivity index (χ3v) is 4.03. The Kier molecular flexibility index (Phi) is 3.72. The average Bonchev–Trinajstić information content (AvgIpc) is 2.35. The maximum absolute atomic E-state index is 5.43. The van der Waals surface area contributed by atoms with Gasteiger partial charge in [-0.2, -0.15) is 0 Å². The summed E-state index contributed by atoms with van der Waals surface area (Å²) in [5.41, 5.74) is 5.61. The standard InChI is InChI=1S/C15H23NO/c1-10-8-14(17-4)11(2)12(3)15(10)13-6-5-7-16-9-13/h8,13,16H,5-7,9H2,1-4H3. The summed E-state index contributed by atoms with van der Waals surface area (Å²) in [5, 5.41) is 3.50. The van der Waals surface area contributed by atoms with Crippen molar-refractivity contribution in [2.45, 2.75) is 39.5 Å². The largest absolute Gasteiger partial charge is 0.496 e. The Morgan fingerprint density at radius 3 is 2.59 bits per heavy atom. The molecule has 0 aliphatic carbocycles. The van der Waals surface area contributed by atoms with Crippen molar-refractivity contribution in [3.63, 3.8) is 0 Å². The maximum Gasteiger partial charge on any atom is 0.122 e. The predicted octanol–water partition coefficient (Wildman–Crippen LogP) is 3.09. The lowest BCUT2D eigenvalue weighted by Gasteiger charge is -2.27. The van der Waals surface area contributed by atoms with Gasteiger partial charge in [-0.3, -0.25) is 0 Å². The summed E-state index contributed by atoms with van der Waals surface area (Å²) in [7, 11) is 1.75. The van der Waals surface area contributed by atoms with E-state index in [0.29, 0.717) is 5.92 Å². The fraction of sp³-hybridized carbons (Fsp3) is 0.600. The van der Waals surface area contributed by atoms with Gasteiger partial charge in [0.05, 0.1) is 7.11 Å². The molecule has 0 radical (unpaired) electrons. The van der Waals surface area contributed by atoms with E-state index in [9.17, 15) is 0 Å². The SMILES string of the molecule is COc1cc(C)c(C2CCCNC2)c(C)c1C. The van der Waals surface area contributed by atoms with Gasteiger partial charge in [0.1, 0.15) is 5.75 Å². The van der Waals surface area contributed by atoms with E-state index in [4.69, 9.17) is 4.74 Å². The molecule has 1 aromatic carbocycles. The summed E-state index contributed by atoms with van der Waals surface area (Å²) in [6, 6.07) is 2.19. The van der Waals surface area contributed by atoms with Crippen molar-refractivity contribution in [3.8, 4) is 5.75 Å². The summed E-state index contributed by atoms with van der Waals surface area (Å²) in [6.07, 6.45) is 2.59. The summed E-state index contributed by atoms with van der Waals surface area (Å²) in [4.78, 5) is 0. The average molecular weight is 233 g/mol. The van der Waals surface area contributed by atoms with E-state index in [2.05, 4.69) is 32.2 Å². The topological polar surface area (TPSA) is 21.3 Å². The number of ether oxygens (including phenoxy) is 1. The highest BCUT2D eigenvalue weighted by Crippen LogP contribution is 2.34. The van der Waals surface area contributed by atoms with E-state index in [1.54, 1.807) is 7.11 Å². The predicted molar refractivity (Wildman–Crippen MR) is 72.0 cm³/mol. The number of methoxy groups -OCH3 is 1. The van der Waals surface area contributed by atoms with Gasteiger partial charge < -0.3 is 10.1 Å². The lowest BCUT2D eigenvalue weighted by molar-refractivity contribution is 0.409. The molecule has 1 N–H and O–H groups in total. The van der Waals surface area contributed by atoms with Crippen LogP contribution in [0.1, 0.15) is 41.0 Å². The summed E-state index contributed by atoms with van der Waals surface area (Å²) in [6.45, 7) is 8.89. The van der Waals surface area contributed by atoms with Crippen molar-refractivity contribution in [1.29, 1.82) is 0 Å². The Morgan fingerprint density at radius 1 is 1.24 bits per heavy atom. The lowest BCUT2D eigenvalue weighted by atomic mass is 9.84. The first-order chi connectivity index (χ1) is 8.15. The number of hydrogen-bond acceptors (Lipinski definition) is 2. The normalized spacial score (nSPS) is 20.4. The Balaban J connectivity index is 2.42. The lowest BCUT2D eigenvalue weighted by Crippen LogP contribution is -2.29. The smallest absolute Gasteiger partial charge is 0.122 e. The molecule has 2 nitrogen and oxygen atoms in total. The van der Waals surface area contributed by atoms with Crippen LogP contribution in [0.4, 0.5) is 0 Å². The van der Waals surface area contributed by atoms with Gasteiger partial charge in [0.15, 0.2) is 0 Å². The highest BCUT2D eigenvalue weighted by molar-refractivity contribution is 5.49. The third kappa shape index (κ3) is 2.32. The van der Waals surface area contributed by atoms with Gasteiger partial charge in [-0.15, -0.1) is 0 Å². The Bertz CT molecular complexity index is 406. The Morgan fingerprint density at radius 2 is 2.00 bits per heavy atom. The molecule has 0 saturated carbocycles. The number of aryl methyl sites for hydroxylation is 1. The Hall–Kier alpha value is -1.02. The molecule has 1 fully saturated rings. The molecule has 0 bridgehead atoms. The first-order valence-electron chi connectivity index (χ1n) is 6.50. The van der Waals surface area contributed by atoms with Crippen molar-refractivity contribution in [2.24, 2.45) is 0 Å². The molecule has 1 aromatic rings. The quantitative estimate of drug-likeness (QED) is 0.847. The van der Waals surface area contributed by atoms with Crippen LogP contribution in [0.15, 0.2) is 6.07 Å². The van der Waals surface area contributed by atoms with Crippen LogP contribution in [0.2, 0.25) is 0 Å². The minimum atomic E-state index is 0.674. The van der Waals surface area contributed by atoms with E-state index in [1.165, 1.54) is 41.6 Å². The van der Waals surface area contributed by atoms with Crippen LogP contribution in [0.25, 0.3) is 0 Å². The summed E-state index contributed by atoms with van der Waals surface area (Å²) >= 11 is 0. The Labute approximate surface area is 104 Å². The molecule has 1 saturated heterocycles. The van der Waals surface area contributed by atoms with Gasteiger partial charge in [-0.25, -0.2) is 0 Å². The zero-order chi connectivity index (χ0) is 12.4. The molecule has 17 heavy (non-hydrogen) atoms. The van der Waals surface area contributed by atoms with Gasteiger partial charge in [-0.05, 0) is 74.4 Å².